The van der Waals surface area contributed by atoms with Gasteiger partial charge in [-0.05, 0) is 39.3 Å². The summed E-state index contributed by atoms with van der Waals surface area (Å²) in [5.74, 6) is 0.981. The van der Waals surface area contributed by atoms with Gasteiger partial charge in [-0.1, -0.05) is 31.5 Å². The fraction of sp³-hybridized carbons (Fsp3) is 0.647. The Labute approximate surface area is 123 Å². The number of hydrogen-bond acceptors (Lipinski definition) is 3. The Hall–Kier alpha value is -1.06. The van der Waals surface area contributed by atoms with Crippen LogP contribution in [0, 0.1) is 0 Å². The molecule has 0 amide bonds. The number of hydrogen-bond donors (Lipinski definition) is 1. The number of unbranched alkanes of at least 4 members (excludes halogenated alkanes) is 1. The van der Waals surface area contributed by atoms with E-state index in [-0.39, 0.29) is 6.10 Å². The second-order valence-electron chi connectivity index (χ2n) is 5.27. The first kappa shape index (κ1) is 17.0. The Morgan fingerprint density at radius 1 is 1.10 bits per heavy atom. The minimum Gasteiger partial charge on any atom is -0.491 e. The highest BCUT2D eigenvalue weighted by atomic mass is 16.5. The molecule has 3 nitrogen and oxygen atoms in total. The van der Waals surface area contributed by atoms with E-state index >= 15 is 0 Å². The molecule has 3 heteroatoms. The Morgan fingerprint density at radius 2 is 1.85 bits per heavy atom. The van der Waals surface area contributed by atoms with Crippen LogP contribution in [0.3, 0.4) is 0 Å². The zero-order valence-electron chi connectivity index (χ0n) is 13.2. The van der Waals surface area contributed by atoms with E-state index < -0.39 is 0 Å². The molecule has 1 rings (SSSR count). The minimum atomic E-state index is 0.211. The molecular formula is C17H29NO2. The van der Waals surface area contributed by atoms with Gasteiger partial charge in [0, 0.05) is 25.3 Å². The van der Waals surface area contributed by atoms with Crippen LogP contribution in [0.4, 0.5) is 0 Å². The summed E-state index contributed by atoms with van der Waals surface area (Å²) in [5.41, 5.74) is 1.22. The smallest absolute Gasteiger partial charge is 0.124 e. The van der Waals surface area contributed by atoms with Gasteiger partial charge in [0.2, 0.25) is 0 Å². The third-order valence-electron chi connectivity index (χ3n) is 2.94. The van der Waals surface area contributed by atoms with Crippen molar-refractivity contribution in [1.82, 2.24) is 5.32 Å². The van der Waals surface area contributed by atoms with Crippen LogP contribution < -0.4 is 10.1 Å². The molecule has 114 valence electrons. The van der Waals surface area contributed by atoms with Gasteiger partial charge < -0.3 is 14.8 Å². The van der Waals surface area contributed by atoms with Crippen LogP contribution in [0.5, 0.6) is 5.75 Å². The number of ether oxygens (including phenoxy) is 2. The lowest BCUT2D eigenvalue weighted by molar-refractivity contribution is 0.128. The summed E-state index contributed by atoms with van der Waals surface area (Å²) in [7, 11) is 0. The van der Waals surface area contributed by atoms with Gasteiger partial charge >= 0.3 is 0 Å². The highest BCUT2D eigenvalue weighted by molar-refractivity contribution is 5.33. The van der Waals surface area contributed by atoms with E-state index in [1.807, 2.05) is 12.1 Å². The van der Waals surface area contributed by atoms with Gasteiger partial charge in [0.1, 0.15) is 5.75 Å². The maximum absolute atomic E-state index is 5.80. The summed E-state index contributed by atoms with van der Waals surface area (Å²) in [5, 5.41) is 3.45. The summed E-state index contributed by atoms with van der Waals surface area (Å²) in [6.45, 7) is 9.84. The summed E-state index contributed by atoms with van der Waals surface area (Å²) >= 11 is 0. The van der Waals surface area contributed by atoms with Crippen molar-refractivity contribution >= 4 is 0 Å². The summed E-state index contributed by atoms with van der Waals surface area (Å²) < 4.78 is 11.3. The zero-order valence-corrected chi connectivity index (χ0v) is 13.2. The fourth-order valence-corrected chi connectivity index (χ4v) is 1.89. The van der Waals surface area contributed by atoms with Gasteiger partial charge in [0.05, 0.1) is 6.10 Å². The molecule has 0 saturated carbocycles. The molecule has 0 heterocycles. The number of benzene rings is 1. The first-order valence-corrected chi connectivity index (χ1v) is 7.77. The second-order valence-corrected chi connectivity index (χ2v) is 5.27. The van der Waals surface area contributed by atoms with Crippen LogP contribution in [-0.4, -0.2) is 25.9 Å². The molecule has 0 fully saturated rings. The first-order chi connectivity index (χ1) is 9.74. The monoisotopic (exact) mass is 279 g/mol. The average Bonchev–Trinajstić information content (AvgIpc) is 2.43. The van der Waals surface area contributed by atoms with Crippen molar-refractivity contribution < 1.29 is 9.47 Å². The van der Waals surface area contributed by atoms with Crippen LogP contribution in [0.25, 0.3) is 0 Å². The lowest BCUT2D eigenvalue weighted by atomic mass is 10.2. The maximum Gasteiger partial charge on any atom is 0.124 e. The van der Waals surface area contributed by atoms with E-state index in [1.165, 1.54) is 12.0 Å². The predicted molar refractivity (Wildman–Crippen MR) is 84.3 cm³/mol. The Kier molecular flexibility index (Phi) is 9.09. The standard InChI is InChI=1S/C17H29NO2/c1-4-5-12-19-13-8-11-18-14-16-9-6-7-10-17(16)20-15(2)3/h6-7,9-10,15,18H,4-5,8,11-14H2,1-3H3. The Morgan fingerprint density at radius 3 is 2.60 bits per heavy atom. The second kappa shape index (κ2) is 10.7. The molecule has 0 bridgehead atoms. The fourth-order valence-electron chi connectivity index (χ4n) is 1.89. The van der Waals surface area contributed by atoms with Crippen molar-refractivity contribution in [3.63, 3.8) is 0 Å². The third-order valence-corrected chi connectivity index (χ3v) is 2.94. The lowest BCUT2D eigenvalue weighted by Crippen LogP contribution is -2.18. The molecule has 0 aromatic heterocycles. The lowest BCUT2D eigenvalue weighted by Gasteiger charge is -2.14. The van der Waals surface area contributed by atoms with Gasteiger partial charge in [0.25, 0.3) is 0 Å². The van der Waals surface area contributed by atoms with Crippen molar-refractivity contribution in [1.29, 1.82) is 0 Å². The summed E-state index contributed by atoms with van der Waals surface area (Å²) in [4.78, 5) is 0. The maximum atomic E-state index is 5.80. The van der Waals surface area contributed by atoms with Gasteiger partial charge in [-0.2, -0.15) is 0 Å². The van der Waals surface area contributed by atoms with Gasteiger partial charge in [-0.3, -0.25) is 0 Å². The molecular weight excluding hydrogens is 250 g/mol. The average molecular weight is 279 g/mol. The molecule has 20 heavy (non-hydrogen) atoms. The zero-order chi connectivity index (χ0) is 14.6. The van der Waals surface area contributed by atoms with Crippen molar-refractivity contribution in [2.45, 2.75) is 52.7 Å². The molecule has 0 radical (unpaired) electrons. The van der Waals surface area contributed by atoms with Crippen LogP contribution in [0.15, 0.2) is 24.3 Å². The molecule has 0 atom stereocenters. The topological polar surface area (TPSA) is 30.5 Å². The number of nitrogens with one attached hydrogen (secondary N) is 1. The van der Waals surface area contributed by atoms with E-state index in [0.29, 0.717) is 0 Å². The Balaban J connectivity index is 2.18. The minimum absolute atomic E-state index is 0.211. The van der Waals surface area contributed by atoms with E-state index in [9.17, 15) is 0 Å². The molecule has 0 aliphatic heterocycles. The quantitative estimate of drug-likeness (QED) is 0.625. The van der Waals surface area contributed by atoms with E-state index in [0.717, 1.165) is 44.9 Å². The highest BCUT2D eigenvalue weighted by Gasteiger charge is 2.04. The highest BCUT2D eigenvalue weighted by Crippen LogP contribution is 2.18. The van der Waals surface area contributed by atoms with Crippen LogP contribution in [-0.2, 0) is 11.3 Å². The van der Waals surface area contributed by atoms with Crippen LogP contribution >= 0.6 is 0 Å². The van der Waals surface area contributed by atoms with Gasteiger partial charge in [0.15, 0.2) is 0 Å². The van der Waals surface area contributed by atoms with Crippen molar-refractivity contribution in [2.75, 3.05) is 19.8 Å². The first-order valence-electron chi connectivity index (χ1n) is 7.77. The SMILES string of the molecule is CCCCOCCCNCc1ccccc1OC(C)C. The molecule has 1 aromatic rings. The van der Waals surface area contributed by atoms with Crippen LogP contribution in [0.2, 0.25) is 0 Å². The number of para-hydroxylation sites is 1. The van der Waals surface area contributed by atoms with Crippen molar-refractivity contribution in [2.24, 2.45) is 0 Å². The normalized spacial score (nSPS) is 11.0. The predicted octanol–water partition coefficient (Wildman–Crippen LogP) is 3.77. The van der Waals surface area contributed by atoms with E-state index in [4.69, 9.17) is 9.47 Å². The molecule has 1 N–H and O–H groups in total. The van der Waals surface area contributed by atoms with E-state index in [1.54, 1.807) is 0 Å². The van der Waals surface area contributed by atoms with E-state index in [2.05, 4.69) is 38.2 Å². The molecule has 0 aliphatic carbocycles. The summed E-state index contributed by atoms with van der Waals surface area (Å²) in [6.07, 6.45) is 3.62. The molecule has 0 aliphatic rings. The van der Waals surface area contributed by atoms with Gasteiger partial charge in [-0.15, -0.1) is 0 Å². The van der Waals surface area contributed by atoms with Gasteiger partial charge in [-0.25, -0.2) is 0 Å². The molecule has 0 unspecified atom stereocenters. The largest absolute Gasteiger partial charge is 0.491 e. The number of rotatable bonds is 11. The molecule has 1 aromatic carbocycles. The van der Waals surface area contributed by atoms with Crippen molar-refractivity contribution in [3.05, 3.63) is 29.8 Å². The van der Waals surface area contributed by atoms with Crippen molar-refractivity contribution in [3.8, 4) is 5.75 Å². The molecule has 0 saturated heterocycles. The van der Waals surface area contributed by atoms with Crippen LogP contribution in [0.1, 0.15) is 45.6 Å². The summed E-state index contributed by atoms with van der Waals surface area (Å²) in [6, 6.07) is 8.22. The Bertz CT molecular complexity index is 353. The molecule has 0 spiro atoms. The third kappa shape index (κ3) is 7.51.